The van der Waals surface area contributed by atoms with E-state index in [1.807, 2.05) is 12.1 Å². The van der Waals surface area contributed by atoms with Gasteiger partial charge >= 0.3 is 0 Å². The molecule has 23 heavy (non-hydrogen) atoms. The van der Waals surface area contributed by atoms with Gasteiger partial charge in [-0.15, -0.1) is 0 Å². The van der Waals surface area contributed by atoms with Crippen LogP contribution in [0.4, 0.5) is 0 Å². The average molecular weight is 336 g/mol. The Kier molecular flexibility index (Phi) is 4.15. The summed E-state index contributed by atoms with van der Waals surface area (Å²) >= 11 is 0. The van der Waals surface area contributed by atoms with Gasteiger partial charge in [0.2, 0.25) is 10.0 Å². The van der Waals surface area contributed by atoms with Gasteiger partial charge in [-0.25, -0.2) is 8.42 Å². The summed E-state index contributed by atoms with van der Waals surface area (Å²) in [4.78, 5) is 4.05. The number of ether oxygens (including phenoxy) is 1. The third kappa shape index (κ3) is 3.44. The monoisotopic (exact) mass is 336 g/mol. The van der Waals surface area contributed by atoms with E-state index < -0.39 is 10.0 Å². The summed E-state index contributed by atoms with van der Waals surface area (Å²) in [7, 11) is -3.15. The van der Waals surface area contributed by atoms with Crippen LogP contribution in [-0.4, -0.2) is 48.3 Å². The summed E-state index contributed by atoms with van der Waals surface area (Å²) in [5.74, 6) is 0.700. The zero-order chi connectivity index (χ0) is 15.9. The maximum atomic E-state index is 12.7. The minimum Gasteiger partial charge on any atom is -0.376 e. The normalized spacial score (nSPS) is 29.0. The molecule has 2 saturated carbocycles. The molecule has 1 aromatic heterocycles. The van der Waals surface area contributed by atoms with Crippen molar-refractivity contribution in [1.82, 2.24) is 9.29 Å². The summed E-state index contributed by atoms with van der Waals surface area (Å²) in [6.45, 7) is 1.39. The van der Waals surface area contributed by atoms with Crippen molar-refractivity contribution in [3.63, 3.8) is 0 Å². The van der Waals surface area contributed by atoms with E-state index in [1.54, 1.807) is 16.7 Å². The van der Waals surface area contributed by atoms with Crippen molar-refractivity contribution in [3.8, 4) is 0 Å². The minimum atomic E-state index is -3.15. The van der Waals surface area contributed by atoms with E-state index in [0.29, 0.717) is 18.9 Å². The molecule has 1 aliphatic heterocycles. The van der Waals surface area contributed by atoms with Gasteiger partial charge < -0.3 is 4.74 Å². The largest absolute Gasteiger partial charge is 0.376 e. The Morgan fingerprint density at radius 3 is 2.52 bits per heavy atom. The number of aromatic nitrogens is 1. The van der Waals surface area contributed by atoms with Crippen LogP contribution < -0.4 is 0 Å². The second-order valence-electron chi connectivity index (χ2n) is 7.09. The van der Waals surface area contributed by atoms with E-state index in [-0.39, 0.29) is 17.4 Å². The van der Waals surface area contributed by atoms with Gasteiger partial charge in [0.1, 0.15) is 0 Å². The molecule has 0 bridgehead atoms. The summed E-state index contributed by atoms with van der Waals surface area (Å²) in [6, 6.07) is 3.87. The van der Waals surface area contributed by atoms with Crippen LogP contribution in [0, 0.1) is 5.92 Å². The quantitative estimate of drug-likeness (QED) is 0.764. The summed E-state index contributed by atoms with van der Waals surface area (Å²) in [6.07, 6.45) is 9.23. The Labute approximate surface area is 138 Å². The third-order valence-corrected chi connectivity index (χ3v) is 7.56. The average Bonchev–Trinajstić information content (AvgIpc) is 3.44. The van der Waals surface area contributed by atoms with Gasteiger partial charge in [0.25, 0.3) is 0 Å². The highest BCUT2D eigenvalue weighted by Gasteiger charge is 2.48. The molecule has 2 heterocycles. The third-order valence-electron chi connectivity index (χ3n) is 5.14. The fourth-order valence-corrected chi connectivity index (χ4v) is 5.47. The highest BCUT2D eigenvalue weighted by Crippen LogP contribution is 2.37. The summed E-state index contributed by atoms with van der Waals surface area (Å²) in [5, 5.41) is -0.148. The number of pyridine rings is 1. The molecule has 0 aromatic carbocycles. The Morgan fingerprint density at radius 1 is 1.13 bits per heavy atom. The zero-order valence-corrected chi connectivity index (χ0v) is 14.1. The van der Waals surface area contributed by atoms with E-state index in [2.05, 4.69) is 4.98 Å². The molecular weight excluding hydrogens is 312 g/mol. The van der Waals surface area contributed by atoms with E-state index in [1.165, 1.54) is 12.8 Å². The Bertz CT molecular complexity index is 641. The van der Waals surface area contributed by atoms with Crippen molar-refractivity contribution in [2.45, 2.75) is 55.9 Å². The van der Waals surface area contributed by atoms with Crippen molar-refractivity contribution in [3.05, 3.63) is 30.1 Å². The minimum absolute atomic E-state index is 0.0253. The predicted octanol–water partition coefficient (Wildman–Crippen LogP) is 1.99. The topological polar surface area (TPSA) is 59.5 Å². The summed E-state index contributed by atoms with van der Waals surface area (Å²) in [5.41, 5.74) is 1.13. The first kappa shape index (κ1) is 15.5. The van der Waals surface area contributed by atoms with Gasteiger partial charge in [-0.05, 0) is 62.1 Å². The van der Waals surface area contributed by atoms with Crippen LogP contribution in [0.1, 0.15) is 37.7 Å². The Balaban J connectivity index is 1.52. The molecule has 4 rings (SSSR count). The first-order chi connectivity index (χ1) is 11.1. The SMILES string of the molecule is O=S(=O)(C1CC1)N1CC[C@H](OCC2CC2)[C@@H]1Cc1ccncc1. The molecule has 2 atom stereocenters. The van der Waals surface area contributed by atoms with Gasteiger partial charge in [0, 0.05) is 25.5 Å². The van der Waals surface area contributed by atoms with Gasteiger partial charge in [-0.1, -0.05) is 0 Å². The lowest BCUT2D eigenvalue weighted by atomic mass is 10.0. The van der Waals surface area contributed by atoms with Gasteiger partial charge in [-0.2, -0.15) is 4.31 Å². The fourth-order valence-electron chi connectivity index (χ4n) is 3.40. The molecule has 3 aliphatic rings. The van der Waals surface area contributed by atoms with Crippen LogP contribution in [0.2, 0.25) is 0 Å². The maximum Gasteiger partial charge on any atom is 0.217 e. The second kappa shape index (κ2) is 6.15. The van der Waals surface area contributed by atoms with Crippen LogP contribution in [0.3, 0.4) is 0 Å². The lowest BCUT2D eigenvalue weighted by Crippen LogP contribution is -2.43. The van der Waals surface area contributed by atoms with Crippen LogP contribution in [-0.2, 0) is 21.2 Å². The predicted molar refractivity (Wildman–Crippen MR) is 87.5 cm³/mol. The summed E-state index contributed by atoms with van der Waals surface area (Å²) < 4.78 is 33.4. The van der Waals surface area contributed by atoms with Gasteiger partial charge in [0.15, 0.2) is 0 Å². The zero-order valence-electron chi connectivity index (χ0n) is 13.3. The van der Waals surface area contributed by atoms with Gasteiger partial charge in [-0.3, -0.25) is 4.98 Å². The molecule has 5 nitrogen and oxygen atoms in total. The molecule has 0 unspecified atom stereocenters. The molecule has 2 aliphatic carbocycles. The van der Waals surface area contributed by atoms with E-state index >= 15 is 0 Å². The van der Waals surface area contributed by atoms with Crippen molar-refractivity contribution in [1.29, 1.82) is 0 Å². The molecule has 0 amide bonds. The van der Waals surface area contributed by atoms with E-state index in [0.717, 1.165) is 31.4 Å². The lowest BCUT2D eigenvalue weighted by molar-refractivity contribution is 0.0305. The number of hydrogen-bond acceptors (Lipinski definition) is 4. The lowest BCUT2D eigenvalue weighted by Gasteiger charge is -2.28. The second-order valence-corrected chi connectivity index (χ2v) is 9.25. The van der Waals surface area contributed by atoms with Crippen molar-refractivity contribution >= 4 is 10.0 Å². The molecule has 0 spiro atoms. The highest BCUT2D eigenvalue weighted by atomic mass is 32.2. The van der Waals surface area contributed by atoms with Crippen molar-refractivity contribution in [2.75, 3.05) is 13.2 Å². The van der Waals surface area contributed by atoms with Crippen LogP contribution >= 0.6 is 0 Å². The van der Waals surface area contributed by atoms with Crippen molar-refractivity contribution < 1.29 is 13.2 Å². The number of rotatable bonds is 7. The van der Waals surface area contributed by atoms with E-state index in [9.17, 15) is 8.42 Å². The standard InChI is InChI=1S/C17H24N2O3S/c20-23(21,15-3-4-15)19-10-7-17(22-12-14-1-2-14)16(19)11-13-5-8-18-9-6-13/h5-6,8-9,14-17H,1-4,7,10-12H2/t16-,17-/m0/s1. The molecule has 1 aromatic rings. The molecule has 0 N–H and O–H groups in total. The molecule has 0 radical (unpaired) electrons. The van der Waals surface area contributed by atoms with Crippen molar-refractivity contribution in [2.24, 2.45) is 5.92 Å². The number of nitrogens with zero attached hydrogens (tertiary/aromatic N) is 2. The highest BCUT2D eigenvalue weighted by molar-refractivity contribution is 7.90. The smallest absolute Gasteiger partial charge is 0.217 e. The molecular formula is C17H24N2O3S. The Morgan fingerprint density at radius 2 is 1.87 bits per heavy atom. The molecule has 6 heteroatoms. The first-order valence-corrected chi connectivity index (χ1v) is 10.2. The first-order valence-electron chi connectivity index (χ1n) is 8.66. The number of sulfonamides is 1. The number of hydrogen-bond donors (Lipinski definition) is 0. The van der Waals surface area contributed by atoms with E-state index in [4.69, 9.17) is 4.74 Å². The molecule has 1 saturated heterocycles. The Hall–Kier alpha value is -0.980. The van der Waals surface area contributed by atoms with Crippen LogP contribution in [0.5, 0.6) is 0 Å². The maximum absolute atomic E-state index is 12.7. The van der Waals surface area contributed by atoms with Crippen LogP contribution in [0.15, 0.2) is 24.5 Å². The molecule has 3 fully saturated rings. The fraction of sp³-hybridized carbons (Fsp3) is 0.706. The molecule has 126 valence electrons. The van der Waals surface area contributed by atoms with Crippen LogP contribution in [0.25, 0.3) is 0 Å². The van der Waals surface area contributed by atoms with Gasteiger partial charge in [0.05, 0.1) is 17.4 Å².